The summed E-state index contributed by atoms with van der Waals surface area (Å²) < 4.78 is 56.3. The highest BCUT2D eigenvalue weighted by molar-refractivity contribution is 7.93. The molecule has 0 saturated carbocycles. The monoisotopic (exact) mass is 484 g/mol. The number of anilines is 1. The van der Waals surface area contributed by atoms with Gasteiger partial charge in [0.2, 0.25) is 20.0 Å². The Labute approximate surface area is 184 Å². The van der Waals surface area contributed by atoms with Crippen LogP contribution in [0.15, 0.2) is 35.7 Å². The normalized spacial score (nSPS) is 12.1. The van der Waals surface area contributed by atoms with Gasteiger partial charge in [0.25, 0.3) is 5.91 Å². The molecule has 0 unspecified atom stereocenters. The van der Waals surface area contributed by atoms with Crippen LogP contribution in [0.3, 0.4) is 0 Å². The zero-order chi connectivity index (χ0) is 23.1. The van der Waals surface area contributed by atoms with Gasteiger partial charge in [-0.25, -0.2) is 29.9 Å². The van der Waals surface area contributed by atoms with Crippen LogP contribution in [0.25, 0.3) is 10.9 Å². The summed E-state index contributed by atoms with van der Waals surface area (Å²) in [6.07, 6.45) is 1.88. The van der Waals surface area contributed by atoms with E-state index in [4.69, 9.17) is 4.74 Å². The fraction of sp³-hybridized carbons (Fsp3) is 0.263. The number of hydrogen-bond donors (Lipinski definition) is 0. The molecule has 0 bridgehead atoms. The molecule has 1 aromatic carbocycles. The van der Waals surface area contributed by atoms with Crippen molar-refractivity contribution in [3.05, 3.63) is 51.8 Å². The molecule has 3 rings (SSSR count). The average Bonchev–Trinajstić information content (AvgIpc) is 3.25. The van der Waals surface area contributed by atoms with Crippen molar-refractivity contribution in [2.24, 2.45) is 0 Å². The first-order valence-electron chi connectivity index (χ1n) is 8.98. The Morgan fingerprint density at radius 1 is 1.13 bits per heavy atom. The lowest BCUT2D eigenvalue weighted by Crippen LogP contribution is -2.35. The van der Waals surface area contributed by atoms with Gasteiger partial charge in [0.15, 0.2) is 0 Å². The number of amides is 1. The number of carbonyl (C=O) groups excluding carboxylic acids is 2. The Hall–Kier alpha value is -2.70. The first kappa shape index (κ1) is 23.0. The maximum absolute atomic E-state index is 12.9. The summed E-state index contributed by atoms with van der Waals surface area (Å²) in [5.41, 5.74) is 0.262. The number of aromatic nitrogens is 1. The van der Waals surface area contributed by atoms with E-state index in [9.17, 15) is 26.4 Å². The third kappa shape index (κ3) is 4.23. The van der Waals surface area contributed by atoms with Gasteiger partial charge in [-0.15, -0.1) is 11.3 Å². The molecule has 1 amide bonds. The standard InChI is InChI=1S/C19H20N2O7S3/c1-5-28-19(23)17-12(2)20(30(3,24)25)15-9-8-13(11-14(15)17)21(31(4,26)27)18(22)16-7-6-10-29-16/h6-11H,5H2,1-4H3. The second-order valence-electron chi connectivity index (χ2n) is 6.72. The van der Waals surface area contributed by atoms with E-state index in [1.54, 1.807) is 18.4 Å². The summed E-state index contributed by atoms with van der Waals surface area (Å²) in [5, 5.41) is 1.80. The fourth-order valence-electron chi connectivity index (χ4n) is 3.35. The quantitative estimate of drug-likeness (QED) is 0.493. The third-order valence-electron chi connectivity index (χ3n) is 4.43. The topological polar surface area (TPSA) is 120 Å². The Morgan fingerprint density at radius 2 is 1.81 bits per heavy atom. The number of ether oxygens (including phenoxy) is 1. The number of benzene rings is 1. The number of sulfonamides is 1. The highest BCUT2D eigenvalue weighted by atomic mass is 32.2. The van der Waals surface area contributed by atoms with Gasteiger partial charge in [0, 0.05) is 11.1 Å². The summed E-state index contributed by atoms with van der Waals surface area (Å²) in [6, 6.07) is 7.11. The highest BCUT2D eigenvalue weighted by Crippen LogP contribution is 2.33. The van der Waals surface area contributed by atoms with Crippen LogP contribution in [0.4, 0.5) is 5.69 Å². The number of nitrogens with zero attached hydrogens (tertiary/aromatic N) is 2. The Bertz CT molecular complexity index is 1390. The second-order valence-corrected chi connectivity index (χ2v) is 11.3. The third-order valence-corrected chi connectivity index (χ3v) is 7.46. The van der Waals surface area contributed by atoms with E-state index in [0.717, 1.165) is 27.8 Å². The summed E-state index contributed by atoms with van der Waals surface area (Å²) >= 11 is 1.09. The molecule has 9 nitrogen and oxygen atoms in total. The Morgan fingerprint density at radius 3 is 2.32 bits per heavy atom. The van der Waals surface area contributed by atoms with E-state index in [1.165, 1.54) is 31.2 Å². The van der Waals surface area contributed by atoms with Gasteiger partial charge in [-0.1, -0.05) is 6.07 Å². The first-order chi connectivity index (χ1) is 14.4. The molecular weight excluding hydrogens is 464 g/mol. The molecule has 0 atom stereocenters. The van der Waals surface area contributed by atoms with Crippen molar-refractivity contribution in [3.8, 4) is 0 Å². The van der Waals surface area contributed by atoms with Crippen LogP contribution >= 0.6 is 11.3 Å². The average molecular weight is 485 g/mol. The van der Waals surface area contributed by atoms with Crippen LogP contribution in [0.1, 0.15) is 32.6 Å². The van der Waals surface area contributed by atoms with E-state index in [0.29, 0.717) is 4.31 Å². The zero-order valence-corrected chi connectivity index (χ0v) is 19.6. The van der Waals surface area contributed by atoms with E-state index < -0.39 is 31.9 Å². The molecule has 0 saturated heterocycles. The molecule has 12 heteroatoms. The van der Waals surface area contributed by atoms with Crippen molar-refractivity contribution >= 4 is 59.9 Å². The predicted molar refractivity (Wildman–Crippen MR) is 119 cm³/mol. The van der Waals surface area contributed by atoms with Crippen LogP contribution in [0.2, 0.25) is 0 Å². The number of hydrogen-bond acceptors (Lipinski definition) is 8. The minimum Gasteiger partial charge on any atom is -0.462 e. The molecular formula is C19H20N2O7S3. The second kappa shape index (κ2) is 8.09. The van der Waals surface area contributed by atoms with Crippen LogP contribution < -0.4 is 4.31 Å². The van der Waals surface area contributed by atoms with Crippen molar-refractivity contribution in [3.63, 3.8) is 0 Å². The predicted octanol–water partition coefficient (Wildman–Crippen LogP) is 2.60. The largest absolute Gasteiger partial charge is 0.462 e. The van der Waals surface area contributed by atoms with Gasteiger partial charge in [-0.3, -0.25) is 4.79 Å². The molecule has 0 fully saturated rings. The smallest absolute Gasteiger partial charge is 0.340 e. The summed E-state index contributed by atoms with van der Waals surface area (Å²) in [5.74, 6) is -1.51. The molecule has 0 aliphatic heterocycles. The van der Waals surface area contributed by atoms with Gasteiger partial charge in [-0.2, -0.15) is 0 Å². The summed E-state index contributed by atoms with van der Waals surface area (Å²) in [7, 11) is -7.83. The van der Waals surface area contributed by atoms with Gasteiger partial charge >= 0.3 is 5.97 Å². The van der Waals surface area contributed by atoms with Crippen molar-refractivity contribution in [1.29, 1.82) is 0 Å². The van der Waals surface area contributed by atoms with E-state index in [1.807, 2.05) is 0 Å². The lowest BCUT2D eigenvalue weighted by Gasteiger charge is -2.20. The SMILES string of the molecule is CCOC(=O)c1c(C)n(S(C)(=O)=O)c2ccc(N(C(=O)c3cccs3)S(C)(=O)=O)cc12. The lowest BCUT2D eigenvalue weighted by molar-refractivity contribution is 0.0527. The van der Waals surface area contributed by atoms with E-state index in [-0.39, 0.29) is 39.3 Å². The maximum Gasteiger partial charge on any atom is 0.340 e. The maximum atomic E-state index is 12.9. The summed E-state index contributed by atoms with van der Waals surface area (Å²) in [4.78, 5) is 25.7. The number of fused-ring (bicyclic) bond motifs is 1. The van der Waals surface area contributed by atoms with Crippen molar-refractivity contribution in [2.45, 2.75) is 13.8 Å². The molecule has 0 aliphatic rings. The highest BCUT2D eigenvalue weighted by Gasteiger charge is 2.30. The molecule has 2 heterocycles. The number of esters is 1. The van der Waals surface area contributed by atoms with Crippen LogP contribution in [-0.4, -0.2) is 51.8 Å². The first-order valence-corrected chi connectivity index (χ1v) is 13.6. The fourth-order valence-corrected chi connectivity index (χ4v) is 6.06. The van der Waals surface area contributed by atoms with Crippen molar-refractivity contribution in [1.82, 2.24) is 3.97 Å². The number of carbonyl (C=O) groups is 2. The minimum atomic E-state index is -4.04. The zero-order valence-electron chi connectivity index (χ0n) is 17.1. The Kier molecular flexibility index (Phi) is 6.00. The van der Waals surface area contributed by atoms with Crippen LogP contribution in [0, 0.1) is 6.92 Å². The molecule has 3 aromatic rings. The van der Waals surface area contributed by atoms with Gasteiger partial charge in [-0.05, 0) is 43.5 Å². The van der Waals surface area contributed by atoms with Gasteiger partial charge in [0.1, 0.15) is 0 Å². The molecule has 0 N–H and O–H groups in total. The molecule has 2 aromatic heterocycles. The van der Waals surface area contributed by atoms with Gasteiger partial charge < -0.3 is 4.74 Å². The van der Waals surface area contributed by atoms with Gasteiger partial charge in [0.05, 0.1) is 40.8 Å². The molecule has 0 aliphatic carbocycles. The molecule has 31 heavy (non-hydrogen) atoms. The van der Waals surface area contributed by atoms with Crippen molar-refractivity contribution < 1.29 is 31.2 Å². The Balaban J connectivity index is 2.34. The minimum absolute atomic E-state index is 0.0128. The summed E-state index contributed by atoms with van der Waals surface area (Å²) in [6.45, 7) is 3.13. The van der Waals surface area contributed by atoms with E-state index >= 15 is 0 Å². The number of thiophene rings is 1. The molecule has 166 valence electrons. The van der Waals surface area contributed by atoms with Crippen LogP contribution in [0.5, 0.6) is 0 Å². The van der Waals surface area contributed by atoms with Crippen molar-refractivity contribution in [2.75, 3.05) is 23.4 Å². The van der Waals surface area contributed by atoms with E-state index in [2.05, 4.69) is 0 Å². The van der Waals surface area contributed by atoms with Crippen LogP contribution in [-0.2, 0) is 24.8 Å². The lowest BCUT2D eigenvalue weighted by atomic mass is 10.1. The molecule has 0 spiro atoms. The molecule has 0 radical (unpaired) electrons. The number of rotatable bonds is 6.